The topological polar surface area (TPSA) is 78.9 Å². The fourth-order valence-electron chi connectivity index (χ4n) is 8.02. The number of rotatable bonds is 53. The molecular weight excluding hydrogens is 877 g/mol. The average molecular weight is 988 g/mol. The molecule has 71 heavy (non-hydrogen) atoms. The van der Waals surface area contributed by atoms with Gasteiger partial charge in [0, 0.05) is 19.3 Å². The van der Waals surface area contributed by atoms with Crippen LogP contribution in [0.5, 0.6) is 0 Å². The van der Waals surface area contributed by atoms with E-state index in [2.05, 4.69) is 118 Å². The highest BCUT2D eigenvalue weighted by Crippen LogP contribution is 2.14. The Morgan fingerprint density at radius 2 is 0.521 bits per heavy atom. The standard InChI is InChI=1S/C65H110O6/c1-4-7-10-13-16-19-22-25-28-31-32-35-37-40-43-46-49-52-55-58-64(67)70-61-62(71-65(68)59-56-53-50-47-44-41-38-34-30-27-24-21-18-15-12-9-6-3)60-69-63(66)57-54-51-48-45-42-39-36-33-29-26-23-20-17-14-11-8-5-2/h16,19,25-30,32,35,38,40-41,43,47,50,62H,4-15,17-18,20-24,31,33-34,36-37,39,42,44-46,48-49,51-61H2,1-3H3/b19-16-,28-25-,29-26-,30-27-,35-32-,41-38-,43-40-,50-47-/t62-/m0/s1. The molecule has 0 radical (unpaired) electrons. The van der Waals surface area contributed by atoms with Crippen molar-refractivity contribution in [2.45, 2.75) is 284 Å². The maximum absolute atomic E-state index is 12.8. The second-order valence-corrected chi connectivity index (χ2v) is 19.5. The minimum absolute atomic E-state index is 0.110. The van der Waals surface area contributed by atoms with Crippen LogP contribution < -0.4 is 0 Å². The lowest BCUT2D eigenvalue weighted by Gasteiger charge is -2.18. The summed E-state index contributed by atoms with van der Waals surface area (Å²) in [5, 5.41) is 0. The van der Waals surface area contributed by atoms with E-state index in [1.165, 1.54) is 148 Å². The molecule has 0 saturated heterocycles. The van der Waals surface area contributed by atoms with Crippen molar-refractivity contribution in [3.63, 3.8) is 0 Å². The molecule has 6 heteroatoms. The summed E-state index contributed by atoms with van der Waals surface area (Å²) < 4.78 is 16.8. The smallest absolute Gasteiger partial charge is 0.306 e. The fourth-order valence-corrected chi connectivity index (χ4v) is 8.02. The summed E-state index contributed by atoms with van der Waals surface area (Å²) in [6.45, 7) is 6.54. The maximum atomic E-state index is 12.8. The number of carbonyl (C=O) groups excluding carboxylic acids is 3. The zero-order chi connectivity index (χ0) is 51.4. The Labute approximate surface area is 438 Å². The Bertz CT molecular complexity index is 1410. The van der Waals surface area contributed by atoms with Crippen LogP contribution in [0.4, 0.5) is 0 Å². The Balaban J connectivity index is 4.52. The minimum atomic E-state index is -0.821. The molecule has 0 aliphatic rings. The molecule has 0 aromatic rings. The molecule has 0 heterocycles. The number of unbranched alkanes of at least 4 members (excludes halogenated alkanes) is 26. The van der Waals surface area contributed by atoms with Crippen LogP contribution in [-0.4, -0.2) is 37.2 Å². The highest BCUT2D eigenvalue weighted by atomic mass is 16.6. The van der Waals surface area contributed by atoms with Gasteiger partial charge >= 0.3 is 17.9 Å². The molecule has 0 aliphatic heterocycles. The molecule has 6 nitrogen and oxygen atoms in total. The molecule has 0 rings (SSSR count). The monoisotopic (exact) mass is 987 g/mol. The van der Waals surface area contributed by atoms with E-state index in [4.69, 9.17) is 14.2 Å². The summed E-state index contributed by atoms with van der Waals surface area (Å²) in [6.07, 6.45) is 78.3. The first-order valence-corrected chi connectivity index (χ1v) is 29.7. The van der Waals surface area contributed by atoms with E-state index in [0.29, 0.717) is 19.3 Å². The normalized spacial score (nSPS) is 12.8. The Morgan fingerprint density at radius 3 is 0.887 bits per heavy atom. The van der Waals surface area contributed by atoms with E-state index >= 15 is 0 Å². The van der Waals surface area contributed by atoms with Crippen LogP contribution >= 0.6 is 0 Å². The van der Waals surface area contributed by atoms with Crippen molar-refractivity contribution >= 4 is 17.9 Å². The van der Waals surface area contributed by atoms with Gasteiger partial charge in [0.15, 0.2) is 6.10 Å². The first-order chi connectivity index (χ1) is 35.0. The van der Waals surface area contributed by atoms with E-state index in [1.54, 1.807) is 0 Å². The number of hydrogen-bond donors (Lipinski definition) is 0. The van der Waals surface area contributed by atoms with Gasteiger partial charge in [-0.2, -0.15) is 0 Å². The van der Waals surface area contributed by atoms with E-state index in [-0.39, 0.29) is 37.5 Å². The fraction of sp³-hybridized carbons (Fsp3) is 0.708. The van der Waals surface area contributed by atoms with Gasteiger partial charge in [0.05, 0.1) is 0 Å². The van der Waals surface area contributed by atoms with E-state index in [1.807, 2.05) is 0 Å². The van der Waals surface area contributed by atoms with E-state index in [9.17, 15) is 14.4 Å². The summed E-state index contributed by atoms with van der Waals surface area (Å²) >= 11 is 0. The number of hydrogen-bond acceptors (Lipinski definition) is 6. The molecule has 0 bridgehead atoms. The van der Waals surface area contributed by atoms with Crippen LogP contribution in [0, 0.1) is 0 Å². The quantitative estimate of drug-likeness (QED) is 0.0261. The largest absolute Gasteiger partial charge is 0.462 e. The molecule has 0 N–H and O–H groups in total. The molecule has 0 aromatic carbocycles. The number of esters is 3. The van der Waals surface area contributed by atoms with Crippen LogP contribution in [0.2, 0.25) is 0 Å². The Kier molecular flexibility index (Phi) is 55.9. The van der Waals surface area contributed by atoms with Crippen LogP contribution in [0.15, 0.2) is 97.2 Å². The molecular formula is C65H110O6. The zero-order valence-corrected chi connectivity index (χ0v) is 46.5. The molecule has 0 unspecified atom stereocenters. The molecule has 0 fully saturated rings. The zero-order valence-electron chi connectivity index (χ0n) is 46.5. The second kappa shape index (κ2) is 58.9. The van der Waals surface area contributed by atoms with Crippen LogP contribution in [0.25, 0.3) is 0 Å². The predicted octanol–water partition coefficient (Wildman–Crippen LogP) is 20.1. The van der Waals surface area contributed by atoms with Gasteiger partial charge in [-0.15, -0.1) is 0 Å². The summed E-state index contributed by atoms with van der Waals surface area (Å²) in [7, 11) is 0. The van der Waals surface area contributed by atoms with Crippen LogP contribution in [0.1, 0.15) is 278 Å². The van der Waals surface area contributed by atoms with Crippen molar-refractivity contribution in [3.8, 4) is 0 Å². The number of carbonyl (C=O) groups is 3. The third kappa shape index (κ3) is 57.1. The van der Waals surface area contributed by atoms with Crippen molar-refractivity contribution in [2.24, 2.45) is 0 Å². The second-order valence-electron chi connectivity index (χ2n) is 19.5. The third-order valence-corrected chi connectivity index (χ3v) is 12.5. The number of allylic oxidation sites excluding steroid dienone is 16. The summed E-state index contributed by atoms with van der Waals surface area (Å²) in [6, 6.07) is 0. The van der Waals surface area contributed by atoms with Gasteiger partial charge in [0.25, 0.3) is 0 Å². The lowest BCUT2D eigenvalue weighted by molar-refractivity contribution is -0.167. The van der Waals surface area contributed by atoms with Crippen molar-refractivity contribution in [1.82, 2.24) is 0 Å². The van der Waals surface area contributed by atoms with E-state index < -0.39 is 6.10 Å². The summed E-state index contributed by atoms with van der Waals surface area (Å²) in [4.78, 5) is 38.2. The third-order valence-electron chi connectivity index (χ3n) is 12.5. The van der Waals surface area contributed by atoms with Crippen molar-refractivity contribution in [2.75, 3.05) is 13.2 Å². The van der Waals surface area contributed by atoms with E-state index in [0.717, 1.165) is 83.5 Å². The molecule has 406 valence electrons. The molecule has 0 spiro atoms. The highest BCUT2D eigenvalue weighted by Gasteiger charge is 2.19. The highest BCUT2D eigenvalue weighted by molar-refractivity contribution is 5.71. The average Bonchev–Trinajstić information content (AvgIpc) is 3.37. The first kappa shape index (κ1) is 67.3. The van der Waals surface area contributed by atoms with Crippen molar-refractivity contribution in [1.29, 1.82) is 0 Å². The first-order valence-electron chi connectivity index (χ1n) is 29.7. The molecule has 0 aliphatic carbocycles. The SMILES string of the molecule is CCCCC/C=C\C/C=C\C/C=C\C/C=C\CCCCCC(=O)OC[C@H](COC(=O)CCCCCCCCC/C=C\CCCCCCCC)OC(=O)CCC/C=C\C/C=C\C/C=C\CCCCCCCC. The predicted molar refractivity (Wildman–Crippen MR) is 307 cm³/mol. The van der Waals surface area contributed by atoms with Crippen molar-refractivity contribution in [3.05, 3.63) is 97.2 Å². The van der Waals surface area contributed by atoms with Gasteiger partial charge in [-0.25, -0.2) is 0 Å². The Morgan fingerprint density at radius 1 is 0.282 bits per heavy atom. The summed E-state index contributed by atoms with van der Waals surface area (Å²) in [5.74, 6) is -0.995. The van der Waals surface area contributed by atoms with Gasteiger partial charge in [0.1, 0.15) is 13.2 Å². The van der Waals surface area contributed by atoms with Gasteiger partial charge < -0.3 is 14.2 Å². The molecule has 0 amide bonds. The lowest BCUT2D eigenvalue weighted by atomic mass is 10.1. The Hall–Kier alpha value is -3.67. The van der Waals surface area contributed by atoms with Gasteiger partial charge in [0.2, 0.25) is 0 Å². The maximum Gasteiger partial charge on any atom is 0.306 e. The molecule has 0 saturated carbocycles. The molecule has 1 atom stereocenters. The minimum Gasteiger partial charge on any atom is -0.462 e. The summed E-state index contributed by atoms with van der Waals surface area (Å²) in [5.41, 5.74) is 0. The van der Waals surface area contributed by atoms with Gasteiger partial charge in [-0.05, 0) is 122 Å². The van der Waals surface area contributed by atoms with Gasteiger partial charge in [-0.1, -0.05) is 234 Å². The van der Waals surface area contributed by atoms with Crippen LogP contribution in [-0.2, 0) is 28.6 Å². The van der Waals surface area contributed by atoms with Crippen molar-refractivity contribution < 1.29 is 28.6 Å². The van der Waals surface area contributed by atoms with Crippen LogP contribution in [0.3, 0.4) is 0 Å². The number of ether oxygens (including phenoxy) is 3. The lowest BCUT2D eigenvalue weighted by Crippen LogP contribution is -2.30. The molecule has 0 aromatic heterocycles. The van der Waals surface area contributed by atoms with Gasteiger partial charge in [-0.3, -0.25) is 14.4 Å².